The molecule has 2 aromatic rings. The van der Waals surface area contributed by atoms with Gasteiger partial charge in [-0.2, -0.15) is 0 Å². The Morgan fingerprint density at radius 3 is 2.75 bits per heavy atom. The Balaban J connectivity index is 1.74. The number of furan rings is 1. The van der Waals surface area contributed by atoms with Crippen molar-refractivity contribution in [2.24, 2.45) is 0 Å². The molecule has 1 atom stereocenters. The molecule has 1 aliphatic heterocycles. The lowest BCUT2D eigenvalue weighted by molar-refractivity contribution is 0.0702. The van der Waals surface area contributed by atoms with Gasteiger partial charge in [0.05, 0.1) is 17.2 Å². The van der Waals surface area contributed by atoms with Gasteiger partial charge < -0.3 is 9.52 Å². The summed E-state index contributed by atoms with van der Waals surface area (Å²) in [5, 5.41) is 10.3. The molecule has 0 bridgehead atoms. The van der Waals surface area contributed by atoms with Gasteiger partial charge in [0.15, 0.2) is 0 Å². The Morgan fingerprint density at radius 2 is 2.17 bits per heavy atom. The fourth-order valence-electron chi connectivity index (χ4n) is 2.79. The Labute approximate surface area is 143 Å². The molecule has 2 N–H and O–H groups in total. The molecular weight excluding hydrogens is 352 g/mol. The number of sulfonamides is 1. The first-order valence-corrected chi connectivity index (χ1v) is 9.92. The van der Waals surface area contributed by atoms with Crippen LogP contribution in [-0.4, -0.2) is 44.0 Å². The van der Waals surface area contributed by atoms with Gasteiger partial charge in [-0.15, -0.1) is 11.3 Å². The molecule has 9 heteroatoms. The highest BCUT2D eigenvalue weighted by Gasteiger charge is 2.28. The first-order chi connectivity index (χ1) is 11.5. The van der Waals surface area contributed by atoms with Crippen LogP contribution in [0.3, 0.4) is 0 Å². The van der Waals surface area contributed by atoms with E-state index in [0.29, 0.717) is 0 Å². The van der Waals surface area contributed by atoms with Crippen LogP contribution in [0, 0.1) is 0 Å². The van der Waals surface area contributed by atoms with Crippen LogP contribution in [0.2, 0.25) is 0 Å². The summed E-state index contributed by atoms with van der Waals surface area (Å²) >= 11 is 0.894. The SMILES string of the molecule is O=C(O)c1cc(S(=O)(=O)NC[C@H](c2ccco2)N2CCCC2)cs1. The summed E-state index contributed by atoms with van der Waals surface area (Å²) in [5.74, 6) is -0.414. The van der Waals surface area contributed by atoms with Crippen LogP contribution in [0.25, 0.3) is 0 Å². The van der Waals surface area contributed by atoms with Crippen LogP contribution in [0.4, 0.5) is 0 Å². The van der Waals surface area contributed by atoms with Crippen molar-refractivity contribution < 1.29 is 22.7 Å². The molecule has 0 unspecified atom stereocenters. The zero-order chi connectivity index (χ0) is 17.2. The van der Waals surface area contributed by atoms with E-state index in [0.717, 1.165) is 43.0 Å². The van der Waals surface area contributed by atoms with Gasteiger partial charge >= 0.3 is 5.97 Å². The minimum absolute atomic E-state index is 0.00231. The summed E-state index contributed by atoms with van der Waals surface area (Å²) in [7, 11) is -3.76. The molecule has 0 saturated carbocycles. The quantitative estimate of drug-likeness (QED) is 0.775. The fourth-order valence-corrected chi connectivity index (χ4v) is 4.94. The van der Waals surface area contributed by atoms with E-state index >= 15 is 0 Å². The third kappa shape index (κ3) is 3.69. The molecule has 1 aliphatic rings. The number of carboxylic acids is 1. The summed E-state index contributed by atoms with van der Waals surface area (Å²) in [4.78, 5) is 13.1. The van der Waals surface area contributed by atoms with Crippen LogP contribution in [0.1, 0.15) is 34.3 Å². The van der Waals surface area contributed by atoms with E-state index in [9.17, 15) is 13.2 Å². The van der Waals surface area contributed by atoms with Gasteiger partial charge in [0.1, 0.15) is 10.6 Å². The molecule has 3 rings (SSSR count). The first-order valence-electron chi connectivity index (χ1n) is 7.56. The van der Waals surface area contributed by atoms with Crippen molar-refractivity contribution >= 4 is 27.3 Å². The second kappa shape index (κ2) is 7.06. The molecular formula is C15H18N2O5S2. The third-order valence-electron chi connectivity index (χ3n) is 4.02. The maximum absolute atomic E-state index is 12.4. The number of carboxylic acid groups (broad SMARTS) is 1. The lowest BCUT2D eigenvalue weighted by Crippen LogP contribution is -2.36. The van der Waals surface area contributed by atoms with Gasteiger partial charge in [-0.25, -0.2) is 17.9 Å². The highest BCUT2D eigenvalue weighted by atomic mass is 32.2. The van der Waals surface area contributed by atoms with Crippen molar-refractivity contribution in [3.8, 4) is 0 Å². The fraction of sp³-hybridized carbons (Fsp3) is 0.400. The van der Waals surface area contributed by atoms with E-state index < -0.39 is 16.0 Å². The van der Waals surface area contributed by atoms with Gasteiger partial charge in [0.25, 0.3) is 0 Å². The van der Waals surface area contributed by atoms with E-state index in [1.54, 1.807) is 12.3 Å². The summed E-state index contributed by atoms with van der Waals surface area (Å²) < 4.78 is 32.9. The van der Waals surface area contributed by atoms with Gasteiger partial charge in [0, 0.05) is 11.9 Å². The molecule has 1 fully saturated rings. The largest absolute Gasteiger partial charge is 0.477 e. The predicted molar refractivity (Wildman–Crippen MR) is 88.7 cm³/mol. The molecule has 3 heterocycles. The van der Waals surface area contributed by atoms with Gasteiger partial charge in [-0.3, -0.25) is 4.90 Å². The number of rotatable bonds is 7. The Kier molecular flexibility index (Phi) is 5.04. The number of thiophene rings is 1. The number of hydrogen-bond acceptors (Lipinski definition) is 6. The molecule has 0 radical (unpaired) electrons. The highest BCUT2D eigenvalue weighted by Crippen LogP contribution is 2.26. The molecule has 7 nitrogen and oxygen atoms in total. The standard InChI is InChI=1S/C15H18N2O5S2/c18-15(19)14-8-11(10-23-14)24(20,21)16-9-12(13-4-3-7-22-13)17-5-1-2-6-17/h3-4,7-8,10,12,16H,1-2,5-6,9H2,(H,18,19)/t12-/m1/s1. The smallest absolute Gasteiger partial charge is 0.345 e. The Hall–Kier alpha value is -1.68. The summed E-state index contributed by atoms with van der Waals surface area (Å²) in [6.07, 6.45) is 3.73. The number of likely N-dealkylation sites (tertiary alicyclic amines) is 1. The van der Waals surface area contributed by atoms with E-state index in [4.69, 9.17) is 9.52 Å². The average molecular weight is 370 g/mol. The van der Waals surface area contributed by atoms with Gasteiger partial charge in [-0.1, -0.05) is 0 Å². The second-order valence-corrected chi connectivity index (χ2v) is 8.26. The Bertz CT molecular complexity index is 792. The second-order valence-electron chi connectivity index (χ2n) is 5.58. The van der Waals surface area contributed by atoms with Crippen LogP contribution in [-0.2, 0) is 10.0 Å². The minimum atomic E-state index is -3.76. The lowest BCUT2D eigenvalue weighted by atomic mass is 10.2. The van der Waals surface area contributed by atoms with Crippen molar-refractivity contribution in [1.82, 2.24) is 9.62 Å². The van der Waals surface area contributed by atoms with E-state index in [2.05, 4.69) is 9.62 Å². The number of nitrogens with zero attached hydrogens (tertiary/aromatic N) is 1. The molecule has 0 aromatic carbocycles. The van der Waals surface area contributed by atoms with Crippen LogP contribution in [0.15, 0.2) is 39.2 Å². The molecule has 0 aliphatic carbocycles. The monoisotopic (exact) mass is 370 g/mol. The zero-order valence-corrected chi connectivity index (χ0v) is 14.5. The topological polar surface area (TPSA) is 99.8 Å². The predicted octanol–water partition coefficient (Wildman–Crippen LogP) is 2.15. The highest BCUT2D eigenvalue weighted by molar-refractivity contribution is 7.89. The summed E-state index contributed by atoms with van der Waals surface area (Å²) in [6, 6.07) is 4.62. The summed E-state index contributed by atoms with van der Waals surface area (Å²) in [5.41, 5.74) is 0. The van der Waals surface area contributed by atoms with Crippen molar-refractivity contribution in [3.05, 3.63) is 40.5 Å². The van der Waals surface area contributed by atoms with Crippen molar-refractivity contribution in [2.75, 3.05) is 19.6 Å². The molecule has 1 saturated heterocycles. The Morgan fingerprint density at radius 1 is 1.42 bits per heavy atom. The average Bonchev–Trinajstić information content (AvgIpc) is 3.30. The number of aromatic carboxylic acids is 1. The molecule has 0 spiro atoms. The van der Waals surface area contributed by atoms with E-state index in [1.165, 1.54) is 11.4 Å². The normalized spacial score (nSPS) is 17.2. The molecule has 130 valence electrons. The van der Waals surface area contributed by atoms with Gasteiger partial charge in [0.2, 0.25) is 10.0 Å². The summed E-state index contributed by atoms with van der Waals surface area (Å²) in [6.45, 7) is 1.97. The number of nitrogens with one attached hydrogen (secondary N) is 1. The lowest BCUT2D eigenvalue weighted by Gasteiger charge is -2.25. The van der Waals surface area contributed by atoms with Gasteiger partial charge in [-0.05, 0) is 44.1 Å². The van der Waals surface area contributed by atoms with Crippen molar-refractivity contribution in [2.45, 2.75) is 23.8 Å². The molecule has 0 amide bonds. The zero-order valence-electron chi connectivity index (χ0n) is 12.8. The van der Waals surface area contributed by atoms with Crippen LogP contribution < -0.4 is 4.72 Å². The van der Waals surface area contributed by atoms with Crippen molar-refractivity contribution in [1.29, 1.82) is 0 Å². The van der Waals surface area contributed by atoms with Crippen LogP contribution >= 0.6 is 11.3 Å². The number of hydrogen-bond donors (Lipinski definition) is 2. The third-order valence-corrected chi connectivity index (χ3v) is 6.49. The molecule has 2 aromatic heterocycles. The maximum Gasteiger partial charge on any atom is 0.345 e. The molecule has 24 heavy (non-hydrogen) atoms. The van der Waals surface area contributed by atoms with E-state index in [1.807, 2.05) is 6.07 Å². The van der Waals surface area contributed by atoms with Crippen LogP contribution in [0.5, 0.6) is 0 Å². The first kappa shape index (κ1) is 17.2. The minimum Gasteiger partial charge on any atom is -0.477 e. The van der Waals surface area contributed by atoms with E-state index in [-0.39, 0.29) is 22.4 Å². The maximum atomic E-state index is 12.4. The van der Waals surface area contributed by atoms with Crippen molar-refractivity contribution in [3.63, 3.8) is 0 Å². The number of carbonyl (C=O) groups is 1.